The van der Waals surface area contributed by atoms with Gasteiger partial charge in [0.05, 0.1) is 0 Å². The Kier molecular flexibility index (Phi) is 4.89. The first-order valence-electron chi connectivity index (χ1n) is 7.36. The number of benzene rings is 2. The molecule has 2 aromatic rings. The smallest absolute Gasteiger partial charge is 0.407 e. The second-order valence-electron chi connectivity index (χ2n) is 6.26. The fraction of sp³-hybridized carbons (Fsp3) is 0.278. The minimum absolute atomic E-state index is 0.288. The highest BCUT2D eigenvalue weighted by atomic mass is 19.1. The lowest BCUT2D eigenvalue weighted by molar-refractivity contribution is 0.0523. The van der Waals surface area contributed by atoms with E-state index in [9.17, 15) is 9.18 Å². The van der Waals surface area contributed by atoms with Crippen molar-refractivity contribution in [3.05, 3.63) is 53.8 Å². The van der Waals surface area contributed by atoms with Gasteiger partial charge >= 0.3 is 6.09 Å². The molecule has 122 valence electrons. The second kappa shape index (κ2) is 6.69. The van der Waals surface area contributed by atoms with Gasteiger partial charge in [-0.15, -0.1) is 0 Å². The third kappa shape index (κ3) is 4.71. The Morgan fingerprint density at radius 2 is 1.87 bits per heavy atom. The highest BCUT2D eigenvalue weighted by molar-refractivity contribution is 5.77. The number of hydrogen-bond acceptors (Lipinski definition) is 3. The normalized spacial score (nSPS) is 11.1. The van der Waals surface area contributed by atoms with Gasteiger partial charge in [-0.3, -0.25) is 0 Å². The van der Waals surface area contributed by atoms with Gasteiger partial charge in [0.2, 0.25) is 0 Å². The van der Waals surface area contributed by atoms with Crippen LogP contribution in [0.25, 0.3) is 11.1 Å². The summed E-state index contributed by atoms with van der Waals surface area (Å²) in [4.78, 5) is 11.6. The Morgan fingerprint density at radius 3 is 2.48 bits per heavy atom. The van der Waals surface area contributed by atoms with Crippen molar-refractivity contribution in [2.75, 3.05) is 5.73 Å². The number of rotatable bonds is 3. The first-order valence-corrected chi connectivity index (χ1v) is 7.36. The summed E-state index contributed by atoms with van der Waals surface area (Å²) >= 11 is 0. The maximum absolute atomic E-state index is 13.8. The quantitative estimate of drug-likeness (QED) is 0.838. The molecule has 2 rings (SSSR count). The zero-order chi connectivity index (χ0) is 17.0. The van der Waals surface area contributed by atoms with Crippen LogP contribution < -0.4 is 11.1 Å². The predicted octanol–water partition coefficient (Wildman–Crippen LogP) is 4.10. The molecule has 0 heterocycles. The highest BCUT2D eigenvalue weighted by Crippen LogP contribution is 2.28. The van der Waals surface area contributed by atoms with Crippen LogP contribution >= 0.6 is 0 Å². The maximum atomic E-state index is 13.8. The number of carbonyl (C=O) groups is 1. The predicted molar refractivity (Wildman–Crippen MR) is 89.3 cm³/mol. The van der Waals surface area contributed by atoms with Crippen molar-refractivity contribution in [3.8, 4) is 11.1 Å². The molecule has 0 aliphatic rings. The van der Waals surface area contributed by atoms with Gasteiger partial charge in [-0.25, -0.2) is 9.18 Å². The molecule has 4 nitrogen and oxygen atoms in total. The first kappa shape index (κ1) is 16.8. The van der Waals surface area contributed by atoms with Gasteiger partial charge in [0.15, 0.2) is 0 Å². The van der Waals surface area contributed by atoms with Crippen LogP contribution in [0.1, 0.15) is 26.3 Å². The van der Waals surface area contributed by atoms with Gasteiger partial charge < -0.3 is 15.8 Å². The fourth-order valence-corrected chi connectivity index (χ4v) is 2.14. The summed E-state index contributed by atoms with van der Waals surface area (Å²) < 4.78 is 19.0. The van der Waals surface area contributed by atoms with Crippen molar-refractivity contribution in [1.82, 2.24) is 5.32 Å². The van der Waals surface area contributed by atoms with Crippen LogP contribution in [0.15, 0.2) is 42.5 Å². The largest absolute Gasteiger partial charge is 0.444 e. The summed E-state index contributed by atoms with van der Waals surface area (Å²) in [7, 11) is 0. The fourth-order valence-electron chi connectivity index (χ4n) is 2.14. The van der Waals surface area contributed by atoms with E-state index in [1.807, 2.05) is 0 Å². The molecular formula is C18H21FN2O2. The average molecular weight is 316 g/mol. The van der Waals surface area contributed by atoms with Crippen molar-refractivity contribution < 1.29 is 13.9 Å². The number of alkyl carbamates (subject to hydrolysis) is 1. The van der Waals surface area contributed by atoms with Crippen molar-refractivity contribution in [2.24, 2.45) is 0 Å². The highest BCUT2D eigenvalue weighted by Gasteiger charge is 2.16. The summed E-state index contributed by atoms with van der Waals surface area (Å²) in [5, 5.41) is 2.66. The van der Waals surface area contributed by atoms with E-state index in [1.54, 1.807) is 57.2 Å². The maximum Gasteiger partial charge on any atom is 0.407 e. The minimum atomic E-state index is -0.544. The molecule has 0 spiro atoms. The van der Waals surface area contributed by atoms with E-state index in [2.05, 4.69) is 5.32 Å². The zero-order valence-electron chi connectivity index (χ0n) is 13.5. The Bertz CT molecular complexity index is 708. The summed E-state index contributed by atoms with van der Waals surface area (Å²) in [5.74, 6) is -0.321. The first-order chi connectivity index (χ1) is 10.8. The van der Waals surface area contributed by atoms with Crippen LogP contribution in [-0.2, 0) is 11.3 Å². The molecule has 0 aliphatic heterocycles. The van der Waals surface area contributed by atoms with Crippen LogP contribution in [-0.4, -0.2) is 11.7 Å². The number of amides is 1. The number of nitrogen functional groups attached to an aromatic ring is 1. The van der Waals surface area contributed by atoms with E-state index >= 15 is 0 Å². The van der Waals surface area contributed by atoms with Gasteiger partial charge in [0.1, 0.15) is 11.4 Å². The lowest BCUT2D eigenvalue weighted by Crippen LogP contribution is -2.32. The SMILES string of the molecule is CC(C)(C)OC(=O)NCc1ccc(-c2ccccc2F)c(N)c1. The van der Waals surface area contributed by atoms with Gasteiger partial charge in [-0.2, -0.15) is 0 Å². The Morgan fingerprint density at radius 1 is 1.17 bits per heavy atom. The van der Waals surface area contributed by atoms with Gasteiger partial charge in [-0.1, -0.05) is 30.3 Å². The summed E-state index contributed by atoms with van der Waals surface area (Å²) in [6, 6.07) is 11.7. The Balaban J connectivity index is 2.08. The van der Waals surface area contributed by atoms with Crippen LogP contribution in [0.5, 0.6) is 0 Å². The third-order valence-corrected chi connectivity index (χ3v) is 3.12. The van der Waals surface area contributed by atoms with Crippen molar-refractivity contribution in [1.29, 1.82) is 0 Å². The molecule has 0 aliphatic carbocycles. The molecule has 0 saturated heterocycles. The van der Waals surface area contributed by atoms with E-state index in [1.165, 1.54) is 6.07 Å². The van der Waals surface area contributed by atoms with Gasteiger partial charge in [0.25, 0.3) is 0 Å². The molecule has 0 aromatic heterocycles. The second-order valence-corrected chi connectivity index (χ2v) is 6.26. The molecule has 2 aromatic carbocycles. The van der Waals surface area contributed by atoms with Crippen LogP contribution in [0.2, 0.25) is 0 Å². The van der Waals surface area contributed by atoms with E-state index in [0.717, 1.165) is 5.56 Å². The number of nitrogens with two attached hydrogens (primary N) is 1. The molecule has 5 heteroatoms. The average Bonchev–Trinajstić information content (AvgIpc) is 2.44. The molecule has 0 bridgehead atoms. The number of halogens is 1. The number of carbonyl (C=O) groups excluding carboxylic acids is 1. The van der Waals surface area contributed by atoms with Crippen LogP contribution in [0, 0.1) is 5.82 Å². The monoisotopic (exact) mass is 316 g/mol. The molecule has 3 N–H and O–H groups in total. The van der Waals surface area contributed by atoms with Crippen LogP contribution in [0.3, 0.4) is 0 Å². The van der Waals surface area contributed by atoms with E-state index in [4.69, 9.17) is 10.5 Å². The van der Waals surface area contributed by atoms with E-state index in [-0.39, 0.29) is 12.4 Å². The van der Waals surface area contributed by atoms with Crippen molar-refractivity contribution >= 4 is 11.8 Å². The third-order valence-electron chi connectivity index (χ3n) is 3.12. The van der Waals surface area contributed by atoms with Gasteiger partial charge in [-0.05, 0) is 38.5 Å². The zero-order valence-corrected chi connectivity index (χ0v) is 13.5. The number of nitrogens with one attached hydrogen (secondary N) is 1. The number of ether oxygens (including phenoxy) is 1. The lowest BCUT2D eigenvalue weighted by atomic mass is 10.0. The van der Waals surface area contributed by atoms with Crippen molar-refractivity contribution in [3.63, 3.8) is 0 Å². The Hall–Kier alpha value is -2.56. The van der Waals surface area contributed by atoms with Gasteiger partial charge in [0, 0.05) is 23.4 Å². The molecule has 0 fully saturated rings. The summed E-state index contributed by atoms with van der Waals surface area (Å²) in [6.45, 7) is 5.69. The number of anilines is 1. The van der Waals surface area contributed by atoms with Crippen molar-refractivity contribution in [2.45, 2.75) is 32.9 Å². The standard InChI is InChI=1S/C18H21FN2O2/c1-18(2,3)23-17(22)21-11-12-8-9-14(16(20)10-12)13-6-4-5-7-15(13)19/h4-10H,11,20H2,1-3H3,(H,21,22). The molecule has 0 radical (unpaired) electrons. The van der Waals surface area contributed by atoms with E-state index < -0.39 is 11.7 Å². The summed E-state index contributed by atoms with van der Waals surface area (Å²) in [6.07, 6.45) is -0.491. The summed E-state index contributed by atoms with van der Waals surface area (Å²) in [5.41, 5.74) is 7.83. The number of hydrogen-bond donors (Lipinski definition) is 2. The molecular weight excluding hydrogens is 295 g/mol. The Labute approximate surface area is 135 Å². The topological polar surface area (TPSA) is 64.3 Å². The minimum Gasteiger partial charge on any atom is -0.444 e. The molecule has 0 atom stereocenters. The van der Waals surface area contributed by atoms with E-state index in [0.29, 0.717) is 16.8 Å². The van der Waals surface area contributed by atoms with Crippen LogP contribution in [0.4, 0.5) is 14.9 Å². The molecule has 0 unspecified atom stereocenters. The molecule has 1 amide bonds. The molecule has 23 heavy (non-hydrogen) atoms. The molecule has 0 saturated carbocycles. The lowest BCUT2D eigenvalue weighted by Gasteiger charge is -2.19.